The minimum absolute atomic E-state index is 0.129. The van der Waals surface area contributed by atoms with E-state index in [9.17, 15) is 4.79 Å². The fourth-order valence-corrected chi connectivity index (χ4v) is 3.84. The van der Waals surface area contributed by atoms with E-state index in [4.69, 9.17) is 0 Å². The second-order valence-electron chi connectivity index (χ2n) is 6.49. The predicted molar refractivity (Wildman–Crippen MR) is 104 cm³/mol. The van der Waals surface area contributed by atoms with Gasteiger partial charge in [0.15, 0.2) is 5.96 Å². The van der Waals surface area contributed by atoms with E-state index in [1.165, 1.54) is 17.7 Å². The number of aliphatic imine (C=N–C) groups is 1. The van der Waals surface area contributed by atoms with Gasteiger partial charge in [-0.25, -0.2) is 4.98 Å². The number of carbonyl (C=O) groups excluding carboxylic acids is 1. The highest BCUT2D eigenvalue weighted by Crippen LogP contribution is 2.17. The standard InChI is InChI=1S/C18H31N5OS/c1-4-19-18(21-12-10-17-22-13(2)14(3)25-17)20-11-9-16(24)23-15-7-5-6-8-15/h15H,4-12H2,1-3H3,(H,23,24)(H2,19,20,21). The van der Waals surface area contributed by atoms with Crippen LogP contribution in [0.2, 0.25) is 0 Å². The number of nitrogens with zero attached hydrogens (tertiary/aromatic N) is 2. The van der Waals surface area contributed by atoms with Gasteiger partial charge >= 0.3 is 0 Å². The highest BCUT2D eigenvalue weighted by Gasteiger charge is 2.16. The van der Waals surface area contributed by atoms with Crippen LogP contribution in [0, 0.1) is 13.8 Å². The Bertz CT molecular complexity index is 559. The van der Waals surface area contributed by atoms with Gasteiger partial charge in [0.2, 0.25) is 5.91 Å². The Kier molecular flexibility index (Phi) is 8.18. The van der Waals surface area contributed by atoms with Gasteiger partial charge in [0, 0.05) is 43.4 Å². The molecule has 25 heavy (non-hydrogen) atoms. The number of amides is 1. The van der Waals surface area contributed by atoms with Crippen molar-refractivity contribution in [3.05, 3.63) is 15.6 Å². The first kappa shape index (κ1) is 19.7. The van der Waals surface area contributed by atoms with Gasteiger partial charge in [-0.05, 0) is 33.6 Å². The minimum atomic E-state index is 0.129. The minimum Gasteiger partial charge on any atom is -0.357 e. The number of rotatable bonds is 8. The third-order valence-corrected chi connectivity index (χ3v) is 5.51. The Morgan fingerprint density at radius 1 is 1.28 bits per heavy atom. The van der Waals surface area contributed by atoms with E-state index in [2.05, 4.69) is 32.9 Å². The zero-order valence-corrected chi connectivity index (χ0v) is 16.5. The summed E-state index contributed by atoms with van der Waals surface area (Å²) in [6.07, 6.45) is 6.04. The molecule has 1 aliphatic carbocycles. The van der Waals surface area contributed by atoms with Crippen LogP contribution in [-0.2, 0) is 11.2 Å². The van der Waals surface area contributed by atoms with Crippen molar-refractivity contribution < 1.29 is 4.79 Å². The number of hydrogen-bond acceptors (Lipinski definition) is 4. The number of carbonyl (C=O) groups is 1. The molecule has 1 amide bonds. The van der Waals surface area contributed by atoms with Gasteiger partial charge in [0.25, 0.3) is 0 Å². The molecule has 0 bridgehead atoms. The SMILES string of the molecule is CCNC(=NCCc1nc(C)c(C)s1)NCCC(=O)NC1CCCC1. The van der Waals surface area contributed by atoms with Crippen LogP contribution < -0.4 is 16.0 Å². The number of aryl methyl sites for hydroxylation is 2. The lowest BCUT2D eigenvalue weighted by Crippen LogP contribution is -2.40. The van der Waals surface area contributed by atoms with Crippen LogP contribution in [0.3, 0.4) is 0 Å². The largest absolute Gasteiger partial charge is 0.357 e. The van der Waals surface area contributed by atoms with Gasteiger partial charge in [-0.2, -0.15) is 0 Å². The first-order valence-electron chi connectivity index (χ1n) is 9.33. The molecule has 1 fully saturated rings. The quantitative estimate of drug-likeness (QED) is 0.488. The summed E-state index contributed by atoms with van der Waals surface area (Å²) in [7, 11) is 0. The smallest absolute Gasteiger partial charge is 0.221 e. The molecule has 0 spiro atoms. The van der Waals surface area contributed by atoms with Crippen LogP contribution in [0.4, 0.5) is 0 Å². The molecule has 3 N–H and O–H groups in total. The van der Waals surface area contributed by atoms with E-state index in [1.54, 1.807) is 11.3 Å². The first-order valence-corrected chi connectivity index (χ1v) is 10.1. The third-order valence-electron chi connectivity index (χ3n) is 4.38. The van der Waals surface area contributed by atoms with Gasteiger partial charge in [-0.15, -0.1) is 11.3 Å². The Hall–Kier alpha value is -1.63. The average Bonchev–Trinajstić information content (AvgIpc) is 3.17. The molecule has 0 unspecified atom stereocenters. The summed E-state index contributed by atoms with van der Waals surface area (Å²) in [5, 5.41) is 10.7. The number of hydrogen-bond donors (Lipinski definition) is 3. The normalized spacial score (nSPS) is 15.4. The molecule has 0 saturated heterocycles. The summed E-state index contributed by atoms with van der Waals surface area (Å²) in [6.45, 7) is 8.27. The van der Waals surface area contributed by atoms with Gasteiger partial charge in [-0.1, -0.05) is 12.8 Å². The summed E-state index contributed by atoms with van der Waals surface area (Å²) < 4.78 is 0. The average molecular weight is 366 g/mol. The summed E-state index contributed by atoms with van der Waals surface area (Å²) in [5.74, 6) is 0.894. The van der Waals surface area contributed by atoms with E-state index >= 15 is 0 Å². The van der Waals surface area contributed by atoms with E-state index < -0.39 is 0 Å². The fourth-order valence-electron chi connectivity index (χ4n) is 2.92. The molecule has 6 nitrogen and oxygen atoms in total. The van der Waals surface area contributed by atoms with Crippen LogP contribution in [0.25, 0.3) is 0 Å². The first-order chi connectivity index (χ1) is 12.1. The van der Waals surface area contributed by atoms with Crippen LogP contribution in [0.15, 0.2) is 4.99 Å². The van der Waals surface area contributed by atoms with Crippen molar-refractivity contribution in [2.75, 3.05) is 19.6 Å². The van der Waals surface area contributed by atoms with Crippen molar-refractivity contribution >= 4 is 23.2 Å². The summed E-state index contributed by atoms with van der Waals surface area (Å²) >= 11 is 1.74. The Balaban J connectivity index is 1.70. The maximum absolute atomic E-state index is 12.0. The number of thiazole rings is 1. The number of guanidine groups is 1. The molecular formula is C18H31N5OS. The Morgan fingerprint density at radius 2 is 2.04 bits per heavy atom. The zero-order chi connectivity index (χ0) is 18.1. The van der Waals surface area contributed by atoms with Gasteiger partial charge in [-0.3, -0.25) is 9.79 Å². The molecule has 0 aliphatic heterocycles. The molecule has 2 rings (SSSR count). The molecule has 0 atom stereocenters. The molecule has 0 radical (unpaired) electrons. The monoisotopic (exact) mass is 365 g/mol. The van der Waals surface area contributed by atoms with Crippen molar-refractivity contribution in [2.45, 2.75) is 65.3 Å². The molecule has 1 heterocycles. The van der Waals surface area contributed by atoms with E-state index in [-0.39, 0.29) is 5.91 Å². The Morgan fingerprint density at radius 3 is 2.68 bits per heavy atom. The highest BCUT2D eigenvalue weighted by molar-refractivity contribution is 7.11. The molecule has 1 aliphatic rings. The van der Waals surface area contributed by atoms with E-state index in [0.29, 0.717) is 25.6 Å². The van der Waals surface area contributed by atoms with Gasteiger partial charge in [0.1, 0.15) is 0 Å². The molecular weight excluding hydrogens is 334 g/mol. The maximum Gasteiger partial charge on any atom is 0.221 e. The topological polar surface area (TPSA) is 78.4 Å². The highest BCUT2D eigenvalue weighted by atomic mass is 32.1. The summed E-state index contributed by atoms with van der Waals surface area (Å²) in [6, 6.07) is 0.389. The second kappa shape index (κ2) is 10.4. The lowest BCUT2D eigenvalue weighted by molar-refractivity contribution is -0.121. The number of aromatic nitrogens is 1. The van der Waals surface area contributed by atoms with Crippen LogP contribution in [0.1, 0.15) is 54.6 Å². The van der Waals surface area contributed by atoms with E-state index in [1.807, 2.05) is 13.8 Å². The summed E-state index contributed by atoms with van der Waals surface area (Å²) in [4.78, 5) is 22.3. The lowest BCUT2D eigenvalue weighted by Gasteiger charge is -2.13. The second-order valence-corrected chi connectivity index (χ2v) is 7.77. The van der Waals surface area contributed by atoms with Crippen molar-refractivity contribution in [1.82, 2.24) is 20.9 Å². The van der Waals surface area contributed by atoms with Crippen LogP contribution in [0.5, 0.6) is 0 Å². The van der Waals surface area contributed by atoms with Crippen molar-refractivity contribution in [1.29, 1.82) is 0 Å². The fraction of sp³-hybridized carbons (Fsp3) is 0.722. The van der Waals surface area contributed by atoms with E-state index in [0.717, 1.165) is 42.5 Å². The predicted octanol–water partition coefficient (Wildman–Crippen LogP) is 2.31. The van der Waals surface area contributed by atoms with Crippen LogP contribution >= 0.6 is 11.3 Å². The lowest BCUT2D eigenvalue weighted by atomic mass is 10.2. The molecule has 0 aromatic carbocycles. The zero-order valence-electron chi connectivity index (χ0n) is 15.7. The van der Waals surface area contributed by atoms with Crippen LogP contribution in [-0.4, -0.2) is 42.5 Å². The summed E-state index contributed by atoms with van der Waals surface area (Å²) in [5.41, 5.74) is 1.11. The van der Waals surface area contributed by atoms with Gasteiger partial charge in [0.05, 0.1) is 10.7 Å². The van der Waals surface area contributed by atoms with Crippen molar-refractivity contribution in [3.63, 3.8) is 0 Å². The van der Waals surface area contributed by atoms with Gasteiger partial charge < -0.3 is 16.0 Å². The molecule has 7 heteroatoms. The molecule has 1 saturated carbocycles. The molecule has 1 aromatic rings. The number of nitrogens with one attached hydrogen (secondary N) is 3. The Labute approximate surface area is 154 Å². The molecule has 1 aromatic heterocycles. The van der Waals surface area contributed by atoms with Crippen molar-refractivity contribution in [3.8, 4) is 0 Å². The van der Waals surface area contributed by atoms with Crippen molar-refractivity contribution in [2.24, 2.45) is 4.99 Å². The maximum atomic E-state index is 12.0. The third kappa shape index (κ3) is 7.02. The molecule has 140 valence electrons.